The number of hydrogen-bond acceptors (Lipinski definition) is 4. The van der Waals surface area contributed by atoms with E-state index in [9.17, 15) is 9.59 Å². The summed E-state index contributed by atoms with van der Waals surface area (Å²) in [4.78, 5) is 22.9. The van der Waals surface area contributed by atoms with Crippen molar-refractivity contribution in [1.29, 1.82) is 0 Å². The Morgan fingerprint density at radius 2 is 1.81 bits per heavy atom. The molecule has 0 aliphatic carbocycles. The van der Waals surface area contributed by atoms with Crippen molar-refractivity contribution in [3.8, 4) is 0 Å². The number of unbranched alkanes of at least 4 members (excludes halogenated alkanes) is 1. The first-order valence-corrected chi connectivity index (χ1v) is 10.1. The first-order chi connectivity index (χ1) is 9.99. The normalized spacial score (nSPS) is 13.5. The number of nitrogens with one attached hydrogen (secondary N) is 2. The second kappa shape index (κ2) is 13.3. The van der Waals surface area contributed by atoms with Gasteiger partial charge in [0.15, 0.2) is 0 Å². The summed E-state index contributed by atoms with van der Waals surface area (Å²) in [5.74, 6) is 0.0279. The highest BCUT2D eigenvalue weighted by Crippen LogP contribution is 2.34. The summed E-state index contributed by atoms with van der Waals surface area (Å²) in [5.41, 5.74) is 0. The highest BCUT2D eigenvalue weighted by molar-refractivity contribution is 8.77. The molecular weight excluding hydrogens is 304 g/mol. The lowest BCUT2D eigenvalue weighted by molar-refractivity contribution is -0.122. The van der Waals surface area contributed by atoms with Gasteiger partial charge in [-0.3, -0.25) is 9.59 Å². The molecule has 0 saturated heterocycles. The van der Waals surface area contributed by atoms with Crippen LogP contribution in [0.1, 0.15) is 59.8 Å². The summed E-state index contributed by atoms with van der Waals surface area (Å²) < 4.78 is 0. The summed E-state index contributed by atoms with van der Waals surface area (Å²) in [5, 5.41) is 6.42. The standard InChI is InChI=1S/C15H30N2O2S2/c1-5-7-8-12(3)20-21-14(11-17-13(4)18)10-15(19)16-9-6-2/h12,14H,5-11H2,1-4H3,(H,16,19)(H,17,18). The summed E-state index contributed by atoms with van der Waals surface area (Å²) in [6.07, 6.45) is 5.05. The van der Waals surface area contributed by atoms with Crippen molar-refractivity contribution in [1.82, 2.24) is 10.6 Å². The minimum Gasteiger partial charge on any atom is -0.356 e. The molecule has 0 aliphatic heterocycles. The van der Waals surface area contributed by atoms with Crippen molar-refractivity contribution in [2.75, 3.05) is 13.1 Å². The van der Waals surface area contributed by atoms with E-state index in [0.29, 0.717) is 18.2 Å². The van der Waals surface area contributed by atoms with Crippen LogP contribution in [-0.4, -0.2) is 35.4 Å². The van der Waals surface area contributed by atoms with Gasteiger partial charge in [0.05, 0.1) is 0 Å². The summed E-state index contributed by atoms with van der Waals surface area (Å²) in [6.45, 7) is 9.23. The Labute approximate surface area is 137 Å². The van der Waals surface area contributed by atoms with Crippen LogP contribution in [0, 0.1) is 0 Å². The van der Waals surface area contributed by atoms with Crippen LogP contribution >= 0.6 is 21.6 Å². The van der Waals surface area contributed by atoms with E-state index < -0.39 is 0 Å². The molecule has 0 aromatic heterocycles. The third-order valence-corrected chi connectivity index (χ3v) is 6.30. The average molecular weight is 335 g/mol. The van der Waals surface area contributed by atoms with E-state index in [1.165, 1.54) is 26.2 Å². The van der Waals surface area contributed by atoms with Crippen LogP contribution in [0.4, 0.5) is 0 Å². The second-order valence-electron chi connectivity index (χ2n) is 5.26. The van der Waals surface area contributed by atoms with Crippen molar-refractivity contribution in [3.63, 3.8) is 0 Å². The maximum atomic E-state index is 11.8. The molecule has 0 aromatic rings. The fourth-order valence-corrected chi connectivity index (χ4v) is 4.37. The Hall–Kier alpha value is -0.360. The van der Waals surface area contributed by atoms with Crippen molar-refractivity contribution in [2.24, 2.45) is 0 Å². The smallest absolute Gasteiger partial charge is 0.221 e. The zero-order valence-corrected chi connectivity index (χ0v) is 15.4. The molecule has 0 fully saturated rings. The molecule has 0 saturated carbocycles. The summed E-state index contributed by atoms with van der Waals surface area (Å²) in [7, 11) is 3.55. The first kappa shape index (κ1) is 20.6. The van der Waals surface area contributed by atoms with E-state index in [4.69, 9.17) is 0 Å². The molecule has 2 atom stereocenters. The molecule has 2 unspecified atom stereocenters. The van der Waals surface area contributed by atoms with Crippen LogP contribution in [0.2, 0.25) is 0 Å². The van der Waals surface area contributed by atoms with Crippen LogP contribution in [-0.2, 0) is 9.59 Å². The van der Waals surface area contributed by atoms with Crippen LogP contribution in [0.25, 0.3) is 0 Å². The van der Waals surface area contributed by atoms with Gasteiger partial charge in [0.1, 0.15) is 0 Å². The number of hydrogen-bond donors (Lipinski definition) is 2. The molecule has 0 spiro atoms. The van der Waals surface area contributed by atoms with E-state index in [0.717, 1.165) is 13.0 Å². The van der Waals surface area contributed by atoms with Crippen molar-refractivity contribution in [3.05, 3.63) is 0 Å². The highest BCUT2D eigenvalue weighted by Gasteiger charge is 2.16. The van der Waals surface area contributed by atoms with Gasteiger partial charge in [0.25, 0.3) is 0 Å². The number of carbonyl (C=O) groups is 2. The van der Waals surface area contributed by atoms with Gasteiger partial charge >= 0.3 is 0 Å². The number of carbonyl (C=O) groups excluding carboxylic acids is 2. The highest BCUT2D eigenvalue weighted by atomic mass is 33.1. The lowest BCUT2D eigenvalue weighted by Gasteiger charge is -2.18. The zero-order chi connectivity index (χ0) is 16.1. The molecule has 2 N–H and O–H groups in total. The zero-order valence-electron chi connectivity index (χ0n) is 13.7. The van der Waals surface area contributed by atoms with E-state index in [2.05, 4.69) is 24.5 Å². The Balaban J connectivity index is 4.18. The van der Waals surface area contributed by atoms with Gasteiger partial charge in [-0.05, 0) is 12.8 Å². The molecule has 0 bridgehead atoms. The molecule has 124 valence electrons. The van der Waals surface area contributed by atoms with Gasteiger partial charge in [-0.1, -0.05) is 55.2 Å². The largest absolute Gasteiger partial charge is 0.356 e. The SMILES string of the molecule is CCCCC(C)SSC(CNC(C)=O)CC(=O)NCCC. The van der Waals surface area contributed by atoms with Crippen LogP contribution in [0.5, 0.6) is 0 Å². The van der Waals surface area contributed by atoms with Crippen LogP contribution < -0.4 is 10.6 Å². The Kier molecular flexibility index (Phi) is 13.1. The van der Waals surface area contributed by atoms with E-state index in [-0.39, 0.29) is 17.1 Å². The van der Waals surface area contributed by atoms with E-state index in [1.807, 2.05) is 17.7 Å². The molecule has 21 heavy (non-hydrogen) atoms. The topological polar surface area (TPSA) is 58.2 Å². The van der Waals surface area contributed by atoms with Crippen molar-refractivity contribution < 1.29 is 9.59 Å². The van der Waals surface area contributed by atoms with Gasteiger partial charge in [0.2, 0.25) is 11.8 Å². The molecule has 4 nitrogen and oxygen atoms in total. The third-order valence-electron chi connectivity index (χ3n) is 2.88. The maximum absolute atomic E-state index is 11.8. The van der Waals surface area contributed by atoms with Crippen LogP contribution in [0.3, 0.4) is 0 Å². The fraction of sp³-hybridized carbons (Fsp3) is 0.867. The van der Waals surface area contributed by atoms with Gasteiger partial charge < -0.3 is 10.6 Å². The third kappa shape index (κ3) is 13.1. The Morgan fingerprint density at radius 3 is 2.38 bits per heavy atom. The quantitative estimate of drug-likeness (QED) is 0.537. The molecule has 0 radical (unpaired) electrons. The minimum atomic E-state index is -0.0430. The predicted octanol–water partition coefficient (Wildman–Crippen LogP) is 3.37. The minimum absolute atomic E-state index is 0.0430. The Morgan fingerprint density at radius 1 is 1.10 bits per heavy atom. The molecule has 0 aliphatic rings. The van der Waals surface area contributed by atoms with Gasteiger partial charge in [-0.15, -0.1) is 0 Å². The monoisotopic (exact) mass is 334 g/mol. The van der Waals surface area contributed by atoms with Gasteiger partial charge in [-0.2, -0.15) is 0 Å². The fourth-order valence-electron chi connectivity index (χ4n) is 1.65. The molecule has 6 heteroatoms. The summed E-state index contributed by atoms with van der Waals surface area (Å²) >= 11 is 0. The maximum Gasteiger partial charge on any atom is 0.221 e. The van der Waals surface area contributed by atoms with E-state index in [1.54, 1.807) is 10.8 Å². The second-order valence-corrected chi connectivity index (χ2v) is 8.27. The van der Waals surface area contributed by atoms with E-state index >= 15 is 0 Å². The Bertz CT molecular complexity index is 301. The molecule has 0 aromatic carbocycles. The van der Waals surface area contributed by atoms with Crippen LogP contribution in [0.15, 0.2) is 0 Å². The lowest BCUT2D eigenvalue weighted by Crippen LogP contribution is -2.33. The molecule has 2 amide bonds. The average Bonchev–Trinajstić information content (AvgIpc) is 2.45. The van der Waals surface area contributed by atoms with Gasteiger partial charge in [0, 0.05) is 36.9 Å². The summed E-state index contributed by atoms with van der Waals surface area (Å²) in [6, 6.07) is 0. The van der Waals surface area contributed by atoms with Crippen molar-refractivity contribution in [2.45, 2.75) is 70.3 Å². The molecule has 0 heterocycles. The van der Waals surface area contributed by atoms with Gasteiger partial charge in [-0.25, -0.2) is 0 Å². The molecular formula is C15H30N2O2S2. The molecule has 0 rings (SSSR count). The van der Waals surface area contributed by atoms with Crippen molar-refractivity contribution >= 4 is 33.4 Å². The predicted molar refractivity (Wildman–Crippen MR) is 94.6 cm³/mol. The lowest BCUT2D eigenvalue weighted by atomic mass is 10.2. The number of amides is 2. The first-order valence-electron chi connectivity index (χ1n) is 7.82. The number of rotatable bonds is 12.